The monoisotopic (exact) mass is 407 g/mol. The number of rotatable bonds is 4. The molecule has 4 rings (SSSR count). The van der Waals surface area contributed by atoms with Gasteiger partial charge in [-0.3, -0.25) is 4.72 Å². The molecule has 4 aromatic rings. The Labute approximate surface area is 166 Å². The van der Waals surface area contributed by atoms with Gasteiger partial charge in [0.1, 0.15) is 17.4 Å². The van der Waals surface area contributed by atoms with Crippen LogP contribution in [0.1, 0.15) is 11.1 Å². The SMILES string of the molecule is Cc1cc(-n2ncc(C#N)c2NS(=O)(=O)c2ccc(F)cc2)nc2ccccc12. The Morgan fingerprint density at radius 3 is 2.59 bits per heavy atom. The molecule has 2 heterocycles. The summed E-state index contributed by atoms with van der Waals surface area (Å²) in [4.78, 5) is 4.40. The van der Waals surface area contributed by atoms with Crippen molar-refractivity contribution in [1.29, 1.82) is 5.26 Å². The van der Waals surface area contributed by atoms with E-state index in [1.54, 1.807) is 6.07 Å². The summed E-state index contributed by atoms with van der Waals surface area (Å²) in [7, 11) is -4.07. The molecule has 0 atom stereocenters. The van der Waals surface area contributed by atoms with E-state index in [4.69, 9.17) is 0 Å². The van der Waals surface area contributed by atoms with Gasteiger partial charge >= 0.3 is 0 Å². The lowest BCUT2D eigenvalue weighted by atomic mass is 10.1. The Morgan fingerprint density at radius 1 is 1.14 bits per heavy atom. The third kappa shape index (κ3) is 3.41. The summed E-state index contributed by atoms with van der Waals surface area (Å²) in [6.45, 7) is 1.91. The van der Waals surface area contributed by atoms with Crippen molar-refractivity contribution in [2.45, 2.75) is 11.8 Å². The van der Waals surface area contributed by atoms with Gasteiger partial charge in [0.2, 0.25) is 0 Å². The number of aryl methyl sites for hydroxylation is 1. The molecule has 2 aromatic carbocycles. The molecule has 29 heavy (non-hydrogen) atoms. The summed E-state index contributed by atoms with van der Waals surface area (Å²) >= 11 is 0. The molecule has 0 radical (unpaired) electrons. The number of anilines is 1. The fraction of sp³-hybridized carbons (Fsp3) is 0.0500. The van der Waals surface area contributed by atoms with Crippen molar-refractivity contribution in [3.8, 4) is 11.9 Å². The number of hydrogen-bond acceptors (Lipinski definition) is 5. The lowest BCUT2D eigenvalue weighted by Crippen LogP contribution is -2.17. The van der Waals surface area contributed by atoms with Crippen molar-refractivity contribution in [2.24, 2.45) is 0 Å². The predicted octanol–water partition coefficient (Wildman–Crippen LogP) is 3.54. The molecule has 7 nitrogen and oxygen atoms in total. The number of para-hydroxylation sites is 1. The van der Waals surface area contributed by atoms with E-state index in [0.29, 0.717) is 11.3 Å². The van der Waals surface area contributed by atoms with Crippen molar-refractivity contribution in [2.75, 3.05) is 4.72 Å². The summed E-state index contributed by atoms with van der Waals surface area (Å²) in [6.07, 6.45) is 1.26. The first-order chi connectivity index (χ1) is 13.9. The van der Waals surface area contributed by atoms with Crippen molar-refractivity contribution >= 4 is 26.7 Å². The highest BCUT2D eigenvalue weighted by Crippen LogP contribution is 2.25. The largest absolute Gasteiger partial charge is 0.263 e. The number of benzene rings is 2. The molecule has 0 saturated carbocycles. The quantitative estimate of drug-likeness (QED) is 0.558. The third-order valence-corrected chi connectivity index (χ3v) is 5.73. The second-order valence-corrected chi connectivity index (χ2v) is 7.99. The van der Waals surface area contributed by atoms with Gasteiger partial charge in [-0.15, -0.1) is 0 Å². The number of aromatic nitrogens is 3. The van der Waals surface area contributed by atoms with E-state index in [1.165, 1.54) is 10.9 Å². The molecule has 0 saturated heterocycles. The number of nitrogens with zero attached hydrogens (tertiary/aromatic N) is 4. The van der Waals surface area contributed by atoms with Crippen LogP contribution in [0.2, 0.25) is 0 Å². The van der Waals surface area contributed by atoms with Gasteiger partial charge in [-0.05, 0) is 48.9 Å². The van der Waals surface area contributed by atoms with E-state index < -0.39 is 15.8 Å². The minimum atomic E-state index is -4.07. The van der Waals surface area contributed by atoms with Gasteiger partial charge < -0.3 is 0 Å². The summed E-state index contributed by atoms with van der Waals surface area (Å²) in [5.41, 5.74) is 1.67. The number of sulfonamides is 1. The van der Waals surface area contributed by atoms with Crippen molar-refractivity contribution in [1.82, 2.24) is 14.8 Å². The Bertz CT molecular complexity index is 1370. The van der Waals surface area contributed by atoms with Crippen molar-refractivity contribution in [3.63, 3.8) is 0 Å². The number of halogens is 1. The zero-order chi connectivity index (χ0) is 20.6. The van der Waals surface area contributed by atoms with Crippen LogP contribution >= 0.6 is 0 Å². The van der Waals surface area contributed by atoms with E-state index in [2.05, 4.69) is 14.8 Å². The van der Waals surface area contributed by atoms with E-state index >= 15 is 0 Å². The first-order valence-electron chi connectivity index (χ1n) is 8.52. The maximum atomic E-state index is 13.1. The molecule has 0 fully saturated rings. The van der Waals surface area contributed by atoms with E-state index in [0.717, 1.165) is 35.2 Å². The van der Waals surface area contributed by atoms with Crippen molar-refractivity contribution < 1.29 is 12.8 Å². The average Bonchev–Trinajstić information content (AvgIpc) is 3.10. The normalized spacial score (nSPS) is 11.3. The highest BCUT2D eigenvalue weighted by atomic mass is 32.2. The van der Waals surface area contributed by atoms with Gasteiger partial charge in [-0.1, -0.05) is 18.2 Å². The number of hydrogen-bond donors (Lipinski definition) is 1. The molecule has 144 valence electrons. The van der Waals surface area contributed by atoms with Gasteiger partial charge in [-0.2, -0.15) is 15.0 Å². The Balaban J connectivity index is 1.83. The summed E-state index contributed by atoms with van der Waals surface area (Å²) in [5.74, 6) is -0.235. The molecular formula is C20H14FN5O2S. The number of fused-ring (bicyclic) bond motifs is 1. The fourth-order valence-corrected chi connectivity index (χ4v) is 4.01. The maximum Gasteiger partial charge on any atom is 0.263 e. The fourth-order valence-electron chi connectivity index (χ4n) is 2.94. The van der Waals surface area contributed by atoms with Crippen LogP contribution in [-0.2, 0) is 10.0 Å². The van der Waals surface area contributed by atoms with E-state index in [1.807, 2.05) is 37.3 Å². The zero-order valence-electron chi connectivity index (χ0n) is 15.2. The molecule has 0 aliphatic rings. The standard InChI is InChI=1S/C20H14FN5O2S/c1-13-10-19(24-18-5-3-2-4-17(13)18)26-20(14(11-22)12-23-26)25-29(27,28)16-8-6-15(21)7-9-16/h2-10,12,25H,1H3. The molecule has 0 aliphatic carbocycles. The van der Waals surface area contributed by atoms with Crippen LogP contribution < -0.4 is 4.72 Å². The van der Waals surface area contributed by atoms with Crippen molar-refractivity contribution in [3.05, 3.63) is 77.7 Å². The molecule has 0 amide bonds. The third-order valence-electron chi connectivity index (χ3n) is 4.37. The molecule has 0 bridgehead atoms. The first-order valence-corrected chi connectivity index (χ1v) is 10.0. The molecular weight excluding hydrogens is 393 g/mol. The lowest BCUT2D eigenvalue weighted by molar-refractivity contribution is 0.599. The van der Waals surface area contributed by atoms with E-state index in [9.17, 15) is 18.1 Å². The summed E-state index contributed by atoms with van der Waals surface area (Å²) < 4.78 is 42.3. The molecule has 0 unspecified atom stereocenters. The van der Waals surface area contributed by atoms with Gasteiger partial charge in [0, 0.05) is 5.39 Å². The van der Waals surface area contributed by atoms with Crippen LogP contribution in [0, 0.1) is 24.1 Å². The Hall–Kier alpha value is -3.77. The number of pyridine rings is 1. The van der Waals surface area contributed by atoms with E-state index in [-0.39, 0.29) is 16.3 Å². The topological polar surface area (TPSA) is 101 Å². The molecule has 2 aromatic heterocycles. The van der Waals surface area contributed by atoms with Crippen LogP contribution in [0.25, 0.3) is 16.7 Å². The molecule has 9 heteroatoms. The van der Waals surface area contributed by atoms with Crippen LogP contribution in [0.15, 0.2) is 65.7 Å². The average molecular weight is 407 g/mol. The Morgan fingerprint density at radius 2 is 1.86 bits per heavy atom. The van der Waals surface area contributed by atoms with Gasteiger partial charge in [0.05, 0.1) is 16.6 Å². The second-order valence-electron chi connectivity index (χ2n) is 6.30. The maximum absolute atomic E-state index is 13.1. The Kier molecular flexibility index (Phi) is 4.48. The first kappa shape index (κ1) is 18.6. The van der Waals surface area contributed by atoms with Gasteiger partial charge in [0.25, 0.3) is 10.0 Å². The van der Waals surface area contributed by atoms with Crippen LogP contribution in [-0.4, -0.2) is 23.2 Å². The lowest BCUT2D eigenvalue weighted by Gasteiger charge is -2.12. The van der Waals surface area contributed by atoms with Crippen LogP contribution in [0.4, 0.5) is 10.2 Å². The molecule has 1 N–H and O–H groups in total. The van der Waals surface area contributed by atoms with Gasteiger partial charge in [-0.25, -0.2) is 17.8 Å². The van der Waals surface area contributed by atoms with Gasteiger partial charge in [0.15, 0.2) is 11.6 Å². The highest BCUT2D eigenvalue weighted by Gasteiger charge is 2.21. The second kappa shape index (κ2) is 7.00. The minimum absolute atomic E-state index is 0.0308. The summed E-state index contributed by atoms with van der Waals surface area (Å²) in [5, 5.41) is 14.5. The van der Waals surface area contributed by atoms with Crippen LogP contribution in [0.5, 0.6) is 0 Å². The minimum Gasteiger partial charge on any atom is -0.262 e. The number of nitrogens with one attached hydrogen (secondary N) is 1. The molecule has 0 aliphatic heterocycles. The predicted molar refractivity (Wildman–Crippen MR) is 106 cm³/mol. The number of nitriles is 1. The zero-order valence-corrected chi connectivity index (χ0v) is 16.0. The smallest absolute Gasteiger partial charge is 0.262 e. The van der Waals surface area contributed by atoms with Crippen LogP contribution in [0.3, 0.4) is 0 Å². The molecule has 0 spiro atoms. The summed E-state index contributed by atoms with van der Waals surface area (Å²) in [6, 6.07) is 15.6. The highest BCUT2D eigenvalue weighted by molar-refractivity contribution is 7.92.